The molecule has 21 heavy (non-hydrogen) atoms. The highest BCUT2D eigenvalue weighted by atomic mass is 16.2. The molecule has 4 heteroatoms. The Morgan fingerprint density at radius 1 is 1.14 bits per heavy atom. The standard InChI is InChI=1S/C17H20N2O2/c1-13-11-16(20)14-7-3-4-8-15(14)19(13)12-17(21)18-9-5-2-6-10-18/h3-4,7-8,11H,2,5-6,9-10,12H2,1H3. The Morgan fingerprint density at radius 3 is 2.62 bits per heavy atom. The molecule has 1 aliphatic heterocycles. The van der Waals surface area contributed by atoms with E-state index < -0.39 is 0 Å². The van der Waals surface area contributed by atoms with E-state index in [0.29, 0.717) is 11.9 Å². The van der Waals surface area contributed by atoms with Crippen molar-refractivity contribution in [2.45, 2.75) is 32.7 Å². The fourth-order valence-corrected chi connectivity index (χ4v) is 3.04. The van der Waals surface area contributed by atoms with E-state index in [1.165, 1.54) is 6.42 Å². The average Bonchev–Trinajstić information content (AvgIpc) is 2.52. The summed E-state index contributed by atoms with van der Waals surface area (Å²) in [6.45, 7) is 3.91. The van der Waals surface area contributed by atoms with Gasteiger partial charge in [0.15, 0.2) is 5.43 Å². The summed E-state index contributed by atoms with van der Waals surface area (Å²) in [6, 6.07) is 9.11. The molecule has 1 fully saturated rings. The normalized spacial score (nSPS) is 15.4. The van der Waals surface area contributed by atoms with Crippen LogP contribution in [0.25, 0.3) is 10.9 Å². The Balaban J connectivity index is 1.96. The summed E-state index contributed by atoms with van der Waals surface area (Å²) in [4.78, 5) is 26.4. The molecule has 3 rings (SSSR count). The van der Waals surface area contributed by atoms with E-state index >= 15 is 0 Å². The van der Waals surface area contributed by atoms with Gasteiger partial charge in [-0.05, 0) is 38.3 Å². The first-order chi connectivity index (χ1) is 10.2. The highest BCUT2D eigenvalue weighted by molar-refractivity contribution is 5.82. The van der Waals surface area contributed by atoms with Crippen LogP contribution >= 0.6 is 0 Å². The number of piperidine rings is 1. The van der Waals surface area contributed by atoms with Gasteiger partial charge in [-0.15, -0.1) is 0 Å². The third-order valence-electron chi connectivity index (χ3n) is 4.23. The van der Waals surface area contributed by atoms with Crippen molar-refractivity contribution in [1.29, 1.82) is 0 Å². The number of rotatable bonds is 2. The van der Waals surface area contributed by atoms with Crippen molar-refractivity contribution in [2.24, 2.45) is 0 Å². The number of benzene rings is 1. The minimum absolute atomic E-state index is 0.0183. The Bertz CT molecular complexity index is 727. The monoisotopic (exact) mass is 284 g/mol. The maximum absolute atomic E-state index is 12.5. The van der Waals surface area contributed by atoms with Crippen molar-refractivity contribution in [1.82, 2.24) is 9.47 Å². The summed E-state index contributed by atoms with van der Waals surface area (Å²) in [7, 11) is 0. The van der Waals surface area contributed by atoms with E-state index in [4.69, 9.17) is 0 Å². The zero-order chi connectivity index (χ0) is 14.8. The van der Waals surface area contributed by atoms with Crippen LogP contribution in [0.3, 0.4) is 0 Å². The number of aryl methyl sites for hydroxylation is 1. The zero-order valence-corrected chi connectivity index (χ0v) is 12.3. The zero-order valence-electron chi connectivity index (χ0n) is 12.3. The van der Waals surface area contributed by atoms with E-state index in [1.807, 2.05) is 40.7 Å². The quantitative estimate of drug-likeness (QED) is 0.849. The van der Waals surface area contributed by atoms with Gasteiger partial charge in [-0.2, -0.15) is 0 Å². The van der Waals surface area contributed by atoms with Gasteiger partial charge in [0.1, 0.15) is 6.54 Å². The summed E-state index contributed by atoms with van der Waals surface area (Å²) in [5, 5.41) is 0.676. The van der Waals surface area contributed by atoms with Crippen molar-refractivity contribution < 1.29 is 4.79 Å². The first kappa shape index (κ1) is 13.9. The van der Waals surface area contributed by atoms with Crippen molar-refractivity contribution in [2.75, 3.05) is 13.1 Å². The number of nitrogens with zero attached hydrogens (tertiary/aromatic N) is 2. The second kappa shape index (κ2) is 5.72. The summed E-state index contributed by atoms with van der Waals surface area (Å²) in [5.41, 5.74) is 1.70. The Hall–Kier alpha value is -2.10. The molecule has 0 saturated carbocycles. The van der Waals surface area contributed by atoms with Crippen molar-refractivity contribution in [3.05, 3.63) is 46.2 Å². The number of pyridine rings is 1. The molecule has 0 bridgehead atoms. The number of hydrogen-bond donors (Lipinski definition) is 0. The van der Waals surface area contributed by atoms with Gasteiger partial charge in [0.05, 0.1) is 5.52 Å². The SMILES string of the molecule is Cc1cc(=O)c2ccccc2n1CC(=O)N1CCCCC1. The summed E-state index contributed by atoms with van der Waals surface area (Å²) in [5.74, 6) is 0.145. The number of likely N-dealkylation sites (tertiary alicyclic amines) is 1. The van der Waals surface area contributed by atoms with Gasteiger partial charge < -0.3 is 9.47 Å². The molecule has 0 aliphatic carbocycles. The highest BCUT2D eigenvalue weighted by Gasteiger charge is 2.18. The Labute approximate surface area is 124 Å². The molecule has 0 spiro atoms. The number of carbonyl (C=O) groups excluding carboxylic acids is 1. The van der Waals surface area contributed by atoms with Crippen LogP contribution in [0.1, 0.15) is 25.0 Å². The van der Waals surface area contributed by atoms with E-state index in [2.05, 4.69) is 0 Å². The molecule has 110 valence electrons. The summed E-state index contributed by atoms with van der Waals surface area (Å²) in [6.07, 6.45) is 3.40. The molecule has 2 aromatic rings. The lowest BCUT2D eigenvalue weighted by Crippen LogP contribution is -2.38. The largest absolute Gasteiger partial charge is 0.341 e. The maximum atomic E-state index is 12.5. The van der Waals surface area contributed by atoms with Crippen LogP contribution in [0.4, 0.5) is 0 Å². The van der Waals surface area contributed by atoms with Gasteiger partial charge in [0.2, 0.25) is 5.91 Å². The summed E-state index contributed by atoms with van der Waals surface area (Å²) >= 11 is 0. The topological polar surface area (TPSA) is 42.3 Å². The van der Waals surface area contributed by atoms with Gasteiger partial charge in [-0.25, -0.2) is 0 Å². The molecular formula is C17H20N2O2. The predicted molar refractivity (Wildman–Crippen MR) is 83.4 cm³/mol. The van der Waals surface area contributed by atoms with Gasteiger partial charge in [-0.1, -0.05) is 12.1 Å². The molecule has 0 N–H and O–H groups in total. The van der Waals surface area contributed by atoms with Crippen molar-refractivity contribution in [3.63, 3.8) is 0 Å². The van der Waals surface area contributed by atoms with Crippen LogP contribution in [0.2, 0.25) is 0 Å². The maximum Gasteiger partial charge on any atom is 0.242 e. The Kier molecular flexibility index (Phi) is 3.78. The second-order valence-corrected chi connectivity index (χ2v) is 5.69. The van der Waals surface area contributed by atoms with E-state index in [0.717, 1.165) is 37.1 Å². The minimum atomic E-state index is 0.0183. The third kappa shape index (κ3) is 2.71. The molecule has 0 radical (unpaired) electrons. The first-order valence-corrected chi connectivity index (χ1v) is 7.54. The molecule has 1 amide bonds. The van der Waals surface area contributed by atoms with Crippen LogP contribution in [-0.4, -0.2) is 28.5 Å². The highest BCUT2D eigenvalue weighted by Crippen LogP contribution is 2.14. The minimum Gasteiger partial charge on any atom is -0.341 e. The predicted octanol–water partition coefficient (Wildman–Crippen LogP) is 2.32. The number of aromatic nitrogens is 1. The van der Waals surface area contributed by atoms with Gasteiger partial charge in [0.25, 0.3) is 0 Å². The molecular weight excluding hydrogens is 264 g/mol. The number of hydrogen-bond acceptors (Lipinski definition) is 2. The molecule has 1 saturated heterocycles. The van der Waals surface area contributed by atoms with Gasteiger partial charge in [-0.3, -0.25) is 9.59 Å². The lowest BCUT2D eigenvalue weighted by atomic mass is 10.1. The van der Waals surface area contributed by atoms with E-state index in [-0.39, 0.29) is 11.3 Å². The fraction of sp³-hybridized carbons (Fsp3) is 0.412. The third-order valence-corrected chi connectivity index (χ3v) is 4.23. The average molecular weight is 284 g/mol. The number of carbonyl (C=O) groups is 1. The van der Waals surface area contributed by atoms with Crippen LogP contribution in [-0.2, 0) is 11.3 Å². The van der Waals surface area contributed by atoms with Gasteiger partial charge >= 0.3 is 0 Å². The molecule has 0 unspecified atom stereocenters. The van der Waals surface area contributed by atoms with Crippen LogP contribution in [0.15, 0.2) is 35.1 Å². The van der Waals surface area contributed by atoms with E-state index in [1.54, 1.807) is 6.07 Å². The fourth-order valence-electron chi connectivity index (χ4n) is 3.04. The molecule has 2 heterocycles. The molecule has 1 aromatic heterocycles. The first-order valence-electron chi connectivity index (χ1n) is 7.54. The number of para-hydroxylation sites is 1. The molecule has 4 nitrogen and oxygen atoms in total. The van der Waals surface area contributed by atoms with E-state index in [9.17, 15) is 9.59 Å². The molecule has 1 aliphatic rings. The second-order valence-electron chi connectivity index (χ2n) is 5.69. The Morgan fingerprint density at radius 2 is 1.86 bits per heavy atom. The number of amides is 1. The van der Waals surface area contributed by atoms with Crippen molar-refractivity contribution >= 4 is 16.8 Å². The van der Waals surface area contributed by atoms with Crippen LogP contribution in [0, 0.1) is 6.92 Å². The van der Waals surface area contributed by atoms with Gasteiger partial charge in [0, 0.05) is 30.2 Å². The van der Waals surface area contributed by atoms with Crippen molar-refractivity contribution in [3.8, 4) is 0 Å². The molecule has 0 atom stereocenters. The lowest BCUT2D eigenvalue weighted by Gasteiger charge is -2.27. The van der Waals surface area contributed by atoms with Crippen LogP contribution in [0.5, 0.6) is 0 Å². The van der Waals surface area contributed by atoms with Crippen LogP contribution < -0.4 is 5.43 Å². The molecule has 1 aromatic carbocycles. The number of fused-ring (bicyclic) bond motifs is 1. The summed E-state index contributed by atoms with van der Waals surface area (Å²) < 4.78 is 1.95. The smallest absolute Gasteiger partial charge is 0.242 e. The lowest BCUT2D eigenvalue weighted by molar-refractivity contribution is -0.132.